The Bertz CT molecular complexity index is 548. The Morgan fingerprint density at radius 3 is 1.86 bits per heavy atom. The first-order valence-corrected chi connectivity index (χ1v) is 14.8. The second-order valence-corrected chi connectivity index (χ2v) is 12.4. The van der Waals surface area contributed by atoms with Gasteiger partial charge in [0.2, 0.25) is 0 Å². The van der Waals surface area contributed by atoms with Crippen LogP contribution in [0.15, 0.2) is 0 Å². The molecule has 0 aromatic rings. The fraction of sp³-hybridized carbons (Fsp3) is 0.935. The fourth-order valence-corrected chi connectivity index (χ4v) is 4.28. The van der Waals surface area contributed by atoms with Crippen molar-refractivity contribution >= 4 is 12.3 Å². The number of rotatable bonds is 15. The zero-order valence-electron chi connectivity index (χ0n) is 26.6. The van der Waals surface area contributed by atoms with Gasteiger partial charge < -0.3 is 19.6 Å². The number of nitrogens with zero attached hydrogens (tertiary/aromatic N) is 1. The molecule has 6 nitrogen and oxygen atoms in total. The van der Waals surface area contributed by atoms with Crippen LogP contribution in [0.5, 0.6) is 0 Å². The monoisotopic (exact) mass is 528 g/mol. The lowest BCUT2D eigenvalue weighted by molar-refractivity contribution is -0.159. The molecule has 1 N–H and O–H groups in total. The van der Waals surface area contributed by atoms with Gasteiger partial charge in [-0.05, 0) is 81.3 Å². The second-order valence-electron chi connectivity index (χ2n) is 12.4. The normalized spacial score (nSPS) is 17.2. The first-order chi connectivity index (χ1) is 17.2. The van der Waals surface area contributed by atoms with Crippen LogP contribution >= 0.6 is 0 Å². The molecule has 222 valence electrons. The highest BCUT2D eigenvalue weighted by molar-refractivity contribution is 5.69. The number of carbonyl (C=O) groups is 2. The minimum Gasteiger partial charge on any atom is -0.462 e. The van der Waals surface area contributed by atoms with Gasteiger partial charge in [-0.1, -0.05) is 46.0 Å². The van der Waals surface area contributed by atoms with Crippen molar-refractivity contribution in [2.75, 3.05) is 27.8 Å². The number of esters is 1. The van der Waals surface area contributed by atoms with Gasteiger partial charge in [-0.3, -0.25) is 9.69 Å². The molecule has 1 saturated heterocycles. The summed E-state index contributed by atoms with van der Waals surface area (Å²) in [5.41, 5.74) is 0.433. The summed E-state index contributed by atoms with van der Waals surface area (Å²) in [6, 6.07) is 0. The molecular formula is C31H64N2O4. The van der Waals surface area contributed by atoms with Crippen molar-refractivity contribution < 1.29 is 19.1 Å². The second kappa shape index (κ2) is 20.9. The number of piperidine rings is 1. The molecule has 1 aliphatic rings. The van der Waals surface area contributed by atoms with E-state index in [4.69, 9.17) is 9.47 Å². The van der Waals surface area contributed by atoms with E-state index in [9.17, 15) is 9.59 Å². The van der Waals surface area contributed by atoms with E-state index in [0.29, 0.717) is 18.4 Å². The van der Waals surface area contributed by atoms with Gasteiger partial charge in [0.25, 0.3) is 0 Å². The van der Waals surface area contributed by atoms with Crippen LogP contribution in [0.1, 0.15) is 139 Å². The van der Waals surface area contributed by atoms with Gasteiger partial charge in [0.05, 0.1) is 0 Å². The summed E-state index contributed by atoms with van der Waals surface area (Å²) in [5, 5.41) is 3.19. The topological polar surface area (TPSA) is 67.9 Å². The Hall–Kier alpha value is -0.980. The van der Waals surface area contributed by atoms with E-state index < -0.39 is 0 Å². The Morgan fingerprint density at radius 2 is 1.49 bits per heavy atom. The summed E-state index contributed by atoms with van der Waals surface area (Å²) in [7, 11) is 5.88. The van der Waals surface area contributed by atoms with Gasteiger partial charge in [0.15, 0.2) is 0 Å². The van der Waals surface area contributed by atoms with Crippen LogP contribution in [0.3, 0.4) is 0 Å². The zero-order chi connectivity index (χ0) is 29.0. The number of hydrogen-bond acceptors (Lipinski definition) is 6. The average molecular weight is 529 g/mol. The van der Waals surface area contributed by atoms with Crippen molar-refractivity contribution in [3.8, 4) is 0 Å². The molecule has 0 spiro atoms. The van der Waals surface area contributed by atoms with E-state index in [1.54, 1.807) is 7.11 Å². The minimum absolute atomic E-state index is 0.0297. The molecule has 1 aliphatic heterocycles. The predicted octanol–water partition coefficient (Wildman–Crippen LogP) is 7.33. The van der Waals surface area contributed by atoms with Gasteiger partial charge in [-0.25, -0.2) is 0 Å². The highest BCUT2D eigenvalue weighted by atomic mass is 16.5. The first kappa shape index (κ1) is 38.2. The van der Waals surface area contributed by atoms with Gasteiger partial charge in [0.1, 0.15) is 12.4 Å². The molecular weight excluding hydrogens is 464 g/mol. The number of hydrogen-bond donors (Lipinski definition) is 1. The van der Waals surface area contributed by atoms with Crippen LogP contribution in [0, 0.1) is 0 Å². The minimum atomic E-state index is -0.0443. The van der Waals surface area contributed by atoms with E-state index >= 15 is 0 Å². The molecule has 0 aliphatic carbocycles. The molecule has 0 unspecified atom stereocenters. The van der Waals surface area contributed by atoms with E-state index in [1.165, 1.54) is 19.3 Å². The maximum atomic E-state index is 12.1. The number of aldehydes is 1. The maximum absolute atomic E-state index is 12.1. The summed E-state index contributed by atoms with van der Waals surface area (Å²) >= 11 is 0. The number of nitrogens with one attached hydrogen (secondary N) is 1. The lowest BCUT2D eigenvalue weighted by atomic mass is 9.79. The van der Waals surface area contributed by atoms with Crippen molar-refractivity contribution in [1.82, 2.24) is 10.2 Å². The summed E-state index contributed by atoms with van der Waals surface area (Å²) in [6.45, 7) is 18.5. The summed E-state index contributed by atoms with van der Waals surface area (Å²) in [4.78, 5) is 24.7. The van der Waals surface area contributed by atoms with Crippen LogP contribution in [0.2, 0.25) is 0 Å². The molecule has 37 heavy (non-hydrogen) atoms. The van der Waals surface area contributed by atoms with Crippen molar-refractivity contribution in [2.24, 2.45) is 0 Å². The third-order valence-electron chi connectivity index (χ3n) is 7.78. The first-order valence-electron chi connectivity index (χ1n) is 14.8. The van der Waals surface area contributed by atoms with Crippen molar-refractivity contribution in [3.05, 3.63) is 0 Å². The van der Waals surface area contributed by atoms with E-state index in [1.807, 2.05) is 7.05 Å². The average Bonchev–Trinajstić information content (AvgIpc) is 2.83. The fourth-order valence-electron chi connectivity index (χ4n) is 4.28. The predicted molar refractivity (Wildman–Crippen MR) is 158 cm³/mol. The smallest absolute Gasteiger partial charge is 0.306 e. The molecule has 0 radical (unpaired) electrons. The molecule has 0 aromatic carbocycles. The quantitative estimate of drug-likeness (QED) is 0.136. The van der Waals surface area contributed by atoms with Crippen molar-refractivity contribution in [1.29, 1.82) is 0 Å². The molecule has 0 atom stereocenters. The summed E-state index contributed by atoms with van der Waals surface area (Å²) in [6.07, 6.45) is 14.0. The van der Waals surface area contributed by atoms with Gasteiger partial charge in [0, 0.05) is 56.0 Å². The molecule has 0 aromatic heterocycles. The molecule has 6 heteroatoms. The highest BCUT2D eigenvalue weighted by Crippen LogP contribution is 2.38. The number of methoxy groups -OCH3 is 1. The third-order valence-corrected chi connectivity index (χ3v) is 7.78. The largest absolute Gasteiger partial charge is 0.462 e. The maximum Gasteiger partial charge on any atom is 0.306 e. The van der Waals surface area contributed by atoms with Gasteiger partial charge in [-0.2, -0.15) is 0 Å². The number of carbonyl (C=O) groups excluding carboxylic acids is 2. The Balaban J connectivity index is 0. The Labute approximate surface area is 231 Å². The molecule has 1 heterocycles. The molecule has 0 bridgehead atoms. The van der Waals surface area contributed by atoms with Gasteiger partial charge >= 0.3 is 5.97 Å². The number of likely N-dealkylation sites (tertiary alicyclic amines) is 1. The van der Waals surface area contributed by atoms with Crippen LogP contribution in [0.4, 0.5) is 0 Å². The summed E-state index contributed by atoms with van der Waals surface area (Å²) in [5.74, 6) is -0.0443. The molecule has 0 saturated carbocycles. The van der Waals surface area contributed by atoms with Crippen molar-refractivity contribution in [2.45, 2.75) is 162 Å². The molecule has 1 rings (SSSR count). The molecule has 1 fully saturated rings. The van der Waals surface area contributed by atoms with E-state index in [2.05, 4.69) is 72.7 Å². The van der Waals surface area contributed by atoms with E-state index in [0.717, 1.165) is 64.3 Å². The SMILES string of the molecule is CCC(C)(C)NC.CCCCOC.CN1C(C)(C)CC(OC(=O)CCCCCCCCC=O)CC1(C)C. The lowest BCUT2D eigenvalue weighted by Gasteiger charge is -2.53. The zero-order valence-corrected chi connectivity index (χ0v) is 26.6. The Kier molecular flexibility index (Phi) is 21.6. The van der Waals surface area contributed by atoms with Gasteiger partial charge in [-0.15, -0.1) is 0 Å². The summed E-state index contributed by atoms with van der Waals surface area (Å²) < 4.78 is 10.5. The third kappa shape index (κ3) is 19.7. The van der Waals surface area contributed by atoms with Crippen LogP contribution in [-0.4, -0.2) is 67.7 Å². The standard InChI is InChI=1S/C20H37NO3.C6H15N.C5H12O/c1-19(2)15-17(16-20(3,4)21(19)5)24-18(23)13-11-9-7-6-8-10-12-14-22;1-5-6(2,3)7-4;1-3-4-5-6-2/h14,17H,6-13,15-16H2,1-5H3;7H,5H2,1-4H3;3-5H2,1-2H3. The van der Waals surface area contributed by atoms with Crippen LogP contribution < -0.4 is 5.32 Å². The lowest BCUT2D eigenvalue weighted by Crippen LogP contribution is -2.60. The van der Waals surface area contributed by atoms with Crippen LogP contribution in [-0.2, 0) is 19.1 Å². The molecule has 0 amide bonds. The Morgan fingerprint density at radius 1 is 0.973 bits per heavy atom. The number of ether oxygens (including phenoxy) is 2. The number of unbranched alkanes of at least 4 members (excludes halogenated alkanes) is 7. The van der Waals surface area contributed by atoms with E-state index in [-0.39, 0.29) is 23.2 Å². The van der Waals surface area contributed by atoms with Crippen molar-refractivity contribution in [3.63, 3.8) is 0 Å². The van der Waals surface area contributed by atoms with Crippen LogP contribution in [0.25, 0.3) is 0 Å². The highest BCUT2D eigenvalue weighted by Gasteiger charge is 2.44.